The highest BCUT2D eigenvalue weighted by atomic mass is 16.5. The average Bonchev–Trinajstić information content (AvgIpc) is 2.33. The van der Waals surface area contributed by atoms with Crippen molar-refractivity contribution in [2.24, 2.45) is 0 Å². The number of Topliss-reactive ketones (excluding diaryl/α,β-unsaturated/α-hetero) is 1. The molecule has 0 amide bonds. The minimum Gasteiger partial charge on any atom is -0.498 e. The Bertz CT molecular complexity index is 366. The molecule has 5 heteroatoms. The van der Waals surface area contributed by atoms with Gasteiger partial charge in [0, 0.05) is 0 Å². The predicted octanol–water partition coefficient (Wildman–Crippen LogP) is 1.98. The predicted molar refractivity (Wildman–Crippen MR) is 66.7 cm³/mol. The molecule has 0 saturated carbocycles. The highest BCUT2D eigenvalue weighted by Gasteiger charge is 2.20. The molecule has 0 bridgehead atoms. The molecule has 0 N–H and O–H groups in total. The fourth-order valence-electron chi connectivity index (χ4n) is 1.13. The second kappa shape index (κ2) is 7.53. The Morgan fingerprint density at radius 2 is 1.72 bits per heavy atom. The van der Waals surface area contributed by atoms with Crippen LogP contribution in [0.15, 0.2) is 23.7 Å². The van der Waals surface area contributed by atoms with E-state index in [0.29, 0.717) is 5.76 Å². The minimum absolute atomic E-state index is 0.105. The molecule has 0 radical (unpaired) electrons. The highest BCUT2D eigenvalue weighted by molar-refractivity contribution is 6.07. The summed E-state index contributed by atoms with van der Waals surface area (Å²) in [4.78, 5) is 22.8. The monoisotopic (exact) mass is 256 g/mol. The maximum absolute atomic E-state index is 11.8. The zero-order valence-electron chi connectivity index (χ0n) is 11.5. The van der Waals surface area contributed by atoms with Gasteiger partial charge < -0.3 is 14.2 Å². The van der Waals surface area contributed by atoms with Crippen molar-refractivity contribution in [1.82, 2.24) is 0 Å². The number of rotatable bonds is 7. The molecule has 102 valence electrons. The molecule has 0 aromatic carbocycles. The molecule has 0 spiro atoms. The van der Waals surface area contributed by atoms with Gasteiger partial charge in [-0.2, -0.15) is 0 Å². The summed E-state index contributed by atoms with van der Waals surface area (Å²) in [6.45, 7) is 8.95. The van der Waals surface area contributed by atoms with E-state index in [-0.39, 0.29) is 23.9 Å². The van der Waals surface area contributed by atoms with Crippen molar-refractivity contribution in [3.05, 3.63) is 23.7 Å². The topological polar surface area (TPSA) is 61.8 Å². The number of ether oxygens (including phenoxy) is 3. The van der Waals surface area contributed by atoms with Crippen LogP contribution in [0, 0.1) is 0 Å². The molecule has 0 rings (SSSR count). The maximum Gasteiger partial charge on any atom is 0.313 e. The summed E-state index contributed by atoms with van der Waals surface area (Å²) in [6.07, 6.45) is -0.495. The summed E-state index contributed by atoms with van der Waals surface area (Å²) in [5, 5.41) is 0. The van der Waals surface area contributed by atoms with Gasteiger partial charge in [-0.25, -0.2) is 0 Å². The SMILES string of the molecule is C=C(C(=O)CC(=O)OC)/C(OC(C)C)=C(\C)OC. The molecule has 0 aliphatic heterocycles. The number of hydrogen-bond donors (Lipinski definition) is 0. The first-order valence-corrected chi connectivity index (χ1v) is 5.54. The lowest BCUT2D eigenvalue weighted by Gasteiger charge is -2.17. The molecule has 0 atom stereocenters. The van der Waals surface area contributed by atoms with E-state index < -0.39 is 11.8 Å². The Kier molecular flexibility index (Phi) is 6.78. The summed E-state index contributed by atoms with van der Waals surface area (Å²) in [6, 6.07) is 0. The van der Waals surface area contributed by atoms with Gasteiger partial charge >= 0.3 is 5.97 Å². The summed E-state index contributed by atoms with van der Waals surface area (Å²) < 4.78 is 15.0. The van der Waals surface area contributed by atoms with E-state index in [1.165, 1.54) is 14.2 Å². The molecule has 0 aromatic heterocycles. The van der Waals surface area contributed by atoms with Crippen LogP contribution in [0.5, 0.6) is 0 Å². The Balaban J connectivity index is 4.98. The van der Waals surface area contributed by atoms with Crippen LogP contribution < -0.4 is 0 Å². The van der Waals surface area contributed by atoms with E-state index in [1.54, 1.807) is 6.92 Å². The van der Waals surface area contributed by atoms with Crippen LogP contribution in [-0.2, 0) is 23.8 Å². The van der Waals surface area contributed by atoms with Crippen LogP contribution >= 0.6 is 0 Å². The smallest absolute Gasteiger partial charge is 0.313 e. The molecule has 18 heavy (non-hydrogen) atoms. The highest BCUT2D eigenvalue weighted by Crippen LogP contribution is 2.19. The standard InChI is InChI=1S/C13H20O5/c1-8(2)18-13(10(4)16-5)9(3)11(14)7-12(15)17-6/h8H,3,7H2,1-2,4-6H3/b13-10-. The van der Waals surface area contributed by atoms with Crippen molar-refractivity contribution < 1.29 is 23.8 Å². The number of ketones is 1. The zero-order valence-corrected chi connectivity index (χ0v) is 11.5. The molecule has 0 aliphatic carbocycles. The molecule has 0 unspecified atom stereocenters. The zero-order chi connectivity index (χ0) is 14.3. The molecular weight excluding hydrogens is 236 g/mol. The molecular formula is C13H20O5. The van der Waals surface area contributed by atoms with Crippen molar-refractivity contribution in [3.8, 4) is 0 Å². The van der Waals surface area contributed by atoms with Crippen molar-refractivity contribution in [2.45, 2.75) is 33.3 Å². The molecule has 5 nitrogen and oxygen atoms in total. The summed E-state index contributed by atoms with van der Waals surface area (Å²) in [5.41, 5.74) is 0.105. The largest absolute Gasteiger partial charge is 0.498 e. The second-order valence-corrected chi connectivity index (χ2v) is 3.91. The second-order valence-electron chi connectivity index (χ2n) is 3.91. The van der Waals surface area contributed by atoms with E-state index in [1.807, 2.05) is 13.8 Å². The summed E-state index contributed by atoms with van der Waals surface area (Å²) in [5.74, 6) is -0.359. The lowest BCUT2D eigenvalue weighted by molar-refractivity contribution is -0.142. The van der Waals surface area contributed by atoms with Gasteiger partial charge in [0.25, 0.3) is 0 Å². The number of esters is 1. The maximum atomic E-state index is 11.8. The Morgan fingerprint density at radius 3 is 2.11 bits per heavy atom. The number of carbonyl (C=O) groups excluding carboxylic acids is 2. The molecule has 0 heterocycles. The first-order chi connectivity index (χ1) is 8.33. The summed E-state index contributed by atoms with van der Waals surface area (Å²) in [7, 11) is 2.69. The first kappa shape index (κ1) is 16.2. The van der Waals surface area contributed by atoms with Gasteiger partial charge in [-0.05, 0) is 20.8 Å². The van der Waals surface area contributed by atoms with Crippen LogP contribution in [0.25, 0.3) is 0 Å². The molecule has 0 saturated heterocycles. The molecule has 0 aliphatic rings. The van der Waals surface area contributed by atoms with Crippen molar-refractivity contribution in [2.75, 3.05) is 14.2 Å². The van der Waals surface area contributed by atoms with Gasteiger partial charge in [0.15, 0.2) is 11.5 Å². The van der Waals surface area contributed by atoms with E-state index >= 15 is 0 Å². The fraction of sp³-hybridized carbons (Fsp3) is 0.538. The van der Waals surface area contributed by atoms with Gasteiger partial charge in [-0.15, -0.1) is 0 Å². The number of methoxy groups -OCH3 is 2. The fourth-order valence-corrected chi connectivity index (χ4v) is 1.13. The van der Waals surface area contributed by atoms with E-state index in [0.717, 1.165) is 0 Å². The van der Waals surface area contributed by atoms with Crippen LogP contribution in [0.3, 0.4) is 0 Å². The van der Waals surface area contributed by atoms with E-state index in [2.05, 4.69) is 11.3 Å². The third-order valence-electron chi connectivity index (χ3n) is 2.12. The number of carbonyl (C=O) groups is 2. The Labute approximate surface area is 107 Å². The normalized spacial score (nSPS) is 11.7. The van der Waals surface area contributed by atoms with Crippen molar-refractivity contribution in [3.63, 3.8) is 0 Å². The summed E-state index contributed by atoms with van der Waals surface area (Å²) >= 11 is 0. The van der Waals surface area contributed by atoms with E-state index in [4.69, 9.17) is 9.47 Å². The Hall–Kier alpha value is -1.78. The average molecular weight is 256 g/mol. The lowest BCUT2D eigenvalue weighted by Crippen LogP contribution is -2.16. The number of hydrogen-bond acceptors (Lipinski definition) is 5. The van der Waals surface area contributed by atoms with Crippen LogP contribution in [0.4, 0.5) is 0 Å². The van der Waals surface area contributed by atoms with Crippen molar-refractivity contribution in [1.29, 1.82) is 0 Å². The van der Waals surface area contributed by atoms with E-state index in [9.17, 15) is 9.59 Å². The third-order valence-corrected chi connectivity index (χ3v) is 2.12. The van der Waals surface area contributed by atoms with Gasteiger partial charge in [0.1, 0.15) is 12.2 Å². The van der Waals surface area contributed by atoms with Crippen LogP contribution in [0.1, 0.15) is 27.2 Å². The quantitative estimate of drug-likeness (QED) is 0.229. The number of allylic oxidation sites excluding steroid dienone is 2. The lowest BCUT2D eigenvalue weighted by atomic mass is 10.1. The van der Waals surface area contributed by atoms with Gasteiger partial charge in [-0.3, -0.25) is 9.59 Å². The molecule has 0 aromatic rings. The Morgan fingerprint density at radius 1 is 1.17 bits per heavy atom. The van der Waals surface area contributed by atoms with Crippen molar-refractivity contribution >= 4 is 11.8 Å². The third kappa shape index (κ3) is 5.03. The van der Waals surface area contributed by atoms with Gasteiger partial charge in [0.2, 0.25) is 0 Å². The van der Waals surface area contributed by atoms with Crippen LogP contribution in [0.2, 0.25) is 0 Å². The first-order valence-electron chi connectivity index (χ1n) is 5.54. The van der Waals surface area contributed by atoms with Crippen LogP contribution in [-0.4, -0.2) is 32.1 Å². The molecule has 0 fully saturated rings. The van der Waals surface area contributed by atoms with Gasteiger partial charge in [-0.1, -0.05) is 6.58 Å². The van der Waals surface area contributed by atoms with Gasteiger partial charge in [0.05, 0.1) is 25.9 Å². The minimum atomic E-state index is -0.611.